The lowest BCUT2D eigenvalue weighted by Gasteiger charge is -2.26. The summed E-state index contributed by atoms with van der Waals surface area (Å²) < 4.78 is 5.64. The molecule has 2 amide bonds. The van der Waals surface area contributed by atoms with Crippen molar-refractivity contribution in [2.45, 2.75) is 64.5 Å². The number of alkyl carbamates (subject to hydrolysis) is 1. The Morgan fingerprint density at radius 3 is 2.17 bits per heavy atom. The largest absolute Gasteiger partial charge is 0.480 e. The molecule has 2 aliphatic rings. The number of rotatable bonds is 7. The predicted octanol–water partition coefficient (Wildman–Crippen LogP) is 4.70. The molecule has 3 N–H and O–H groups in total. The van der Waals surface area contributed by atoms with Gasteiger partial charge in [0.1, 0.15) is 12.6 Å². The summed E-state index contributed by atoms with van der Waals surface area (Å²) in [5, 5.41) is 15.1. The van der Waals surface area contributed by atoms with Crippen molar-refractivity contribution >= 4 is 18.0 Å². The van der Waals surface area contributed by atoms with Gasteiger partial charge >= 0.3 is 12.1 Å². The molecule has 1 saturated carbocycles. The van der Waals surface area contributed by atoms with Gasteiger partial charge in [0.15, 0.2) is 0 Å². The molecule has 1 unspecified atom stereocenters. The molecule has 0 heterocycles. The van der Waals surface area contributed by atoms with Gasteiger partial charge in [-0.15, -0.1) is 0 Å². The summed E-state index contributed by atoms with van der Waals surface area (Å²) in [4.78, 5) is 37.3. The molecule has 0 aliphatic heterocycles. The third-order valence-electron chi connectivity index (χ3n) is 6.93. The van der Waals surface area contributed by atoms with Crippen molar-refractivity contribution in [2.75, 3.05) is 6.61 Å². The molecule has 186 valence electrons. The Bertz CT molecular complexity index is 1060. The van der Waals surface area contributed by atoms with Crippen LogP contribution in [-0.4, -0.2) is 41.8 Å². The second-order valence-corrected chi connectivity index (χ2v) is 10.8. The van der Waals surface area contributed by atoms with Crippen LogP contribution in [0.5, 0.6) is 0 Å². The number of carbonyl (C=O) groups excluding carboxylic acids is 2. The van der Waals surface area contributed by atoms with Crippen LogP contribution in [0.2, 0.25) is 0 Å². The normalized spacial score (nSPS) is 20.0. The highest BCUT2D eigenvalue weighted by molar-refractivity contribution is 5.86. The van der Waals surface area contributed by atoms with Crippen molar-refractivity contribution in [1.29, 1.82) is 0 Å². The van der Waals surface area contributed by atoms with Crippen LogP contribution in [0.15, 0.2) is 48.5 Å². The van der Waals surface area contributed by atoms with Crippen LogP contribution in [0, 0.1) is 11.3 Å². The molecule has 1 fully saturated rings. The van der Waals surface area contributed by atoms with Crippen molar-refractivity contribution in [1.82, 2.24) is 10.6 Å². The minimum absolute atomic E-state index is 0.0375. The van der Waals surface area contributed by atoms with Crippen molar-refractivity contribution < 1.29 is 24.2 Å². The Kier molecular flexibility index (Phi) is 7.15. The smallest absolute Gasteiger partial charge is 0.407 e. The molecule has 0 radical (unpaired) electrons. The number of ether oxygens (including phenoxy) is 1. The van der Waals surface area contributed by atoms with E-state index in [0.29, 0.717) is 19.3 Å². The SMILES string of the molecule is CC(C)(C)CC(NC(=O)[C@@H]1CCC[C@@H]1NC(=O)OCC1c2ccccc2-c2ccccc21)C(=O)O. The lowest BCUT2D eigenvalue weighted by atomic mass is 9.87. The maximum Gasteiger partial charge on any atom is 0.407 e. The summed E-state index contributed by atoms with van der Waals surface area (Å²) in [6.07, 6.45) is 1.80. The van der Waals surface area contributed by atoms with Gasteiger partial charge in [0.2, 0.25) is 5.91 Å². The first-order valence-electron chi connectivity index (χ1n) is 12.3. The minimum atomic E-state index is -1.05. The molecule has 0 spiro atoms. The average Bonchev–Trinajstić information content (AvgIpc) is 3.39. The van der Waals surface area contributed by atoms with E-state index in [4.69, 9.17) is 4.74 Å². The van der Waals surface area contributed by atoms with Crippen molar-refractivity contribution in [3.05, 3.63) is 59.7 Å². The standard InChI is InChI=1S/C28H34N2O5/c1-28(2,3)15-24(26(32)33)29-25(31)21-13-8-14-23(21)30-27(34)35-16-22-19-11-6-4-9-17(19)18-10-5-7-12-20(18)22/h4-7,9-12,21-24H,8,13-16H2,1-3H3,(H,29,31)(H,30,34)(H,32,33)/t21-,23+,24?/m1/s1. The number of hydrogen-bond donors (Lipinski definition) is 3. The zero-order valence-electron chi connectivity index (χ0n) is 20.5. The van der Waals surface area contributed by atoms with E-state index in [1.54, 1.807) is 0 Å². The first-order chi connectivity index (χ1) is 16.6. The third kappa shape index (κ3) is 5.66. The topological polar surface area (TPSA) is 105 Å². The number of hydrogen-bond acceptors (Lipinski definition) is 4. The first-order valence-corrected chi connectivity index (χ1v) is 12.3. The fraction of sp³-hybridized carbons (Fsp3) is 0.464. The third-order valence-corrected chi connectivity index (χ3v) is 6.93. The van der Waals surface area contributed by atoms with Crippen molar-refractivity contribution in [2.24, 2.45) is 11.3 Å². The summed E-state index contributed by atoms with van der Waals surface area (Å²) in [5.41, 5.74) is 4.35. The molecular formula is C28H34N2O5. The molecule has 2 aromatic rings. The molecule has 2 aliphatic carbocycles. The van der Waals surface area contributed by atoms with Crippen LogP contribution in [0.4, 0.5) is 4.79 Å². The molecule has 0 bridgehead atoms. The van der Waals surface area contributed by atoms with Gasteiger partial charge < -0.3 is 20.5 Å². The summed E-state index contributed by atoms with van der Waals surface area (Å²) in [6.45, 7) is 6.01. The second-order valence-electron chi connectivity index (χ2n) is 10.8. The van der Waals surface area contributed by atoms with E-state index in [1.807, 2.05) is 45.0 Å². The van der Waals surface area contributed by atoms with E-state index in [-0.39, 0.29) is 29.9 Å². The van der Waals surface area contributed by atoms with Gasteiger partial charge in [-0.25, -0.2) is 9.59 Å². The van der Waals surface area contributed by atoms with Gasteiger partial charge in [-0.05, 0) is 46.9 Å². The average molecular weight is 479 g/mol. The van der Waals surface area contributed by atoms with Crippen LogP contribution >= 0.6 is 0 Å². The number of amides is 2. The molecular weight excluding hydrogens is 444 g/mol. The molecule has 0 aromatic heterocycles. The monoisotopic (exact) mass is 478 g/mol. The van der Waals surface area contributed by atoms with Crippen molar-refractivity contribution in [3.8, 4) is 11.1 Å². The van der Waals surface area contributed by atoms with E-state index >= 15 is 0 Å². The quantitative estimate of drug-likeness (QED) is 0.535. The van der Waals surface area contributed by atoms with Gasteiger partial charge in [-0.1, -0.05) is 75.7 Å². The van der Waals surface area contributed by atoms with Gasteiger partial charge in [-0.2, -0.15) is 0 Å². The number of carboxylic acids is 1. The van der Waals surface area contributed by atoms with E-state index in [9.17, 15) is 19.5 Å². The zero-order valence-corrected chi connectivity index (χ0v) is 20.5. The van der Waals surface area contributed by atoms with E-state index in [0.717, 1.165) is 28.7 Å². The van der Waals surface area contributed by atoms with Crippen LogP contribution in [0.1, 0.15) is 63.5 Å². The molecule has 7 heteroatoms. The number of carbonyl (C=O) groups is 3. The maximum atomic E-state index is 12.9. The fourth-order valence-electron chi connectivity index (χ4n) is 5.33. The van der Waals surface area contributed by atoms with Crippen LogP contribution in [0.25, 0.3) is 11.1 Å². The number of fused-ring (bicyclic) bond motifs is 3. The van der Waals surface area contributed by atoms with E-state index < -0.39 is 24.0 Å². The van der Waals surface area contributed by atoms with Gasteiger partial charge in [0.05, 0.1) is 5.92 Å². The molecule has 2 aromatic carbocycles. The Morgan fingerprint density at radius 1 is 1.00 bits per heavy atom. The predicted molar refractivity (Wildman–Crippen MR) is 133 cm³/mol. The molecule has 4 rings (SSSR count). The molecule has 3 atom stereocenters. The highest BCUT2D eigenvalue weighted by atomic mass is 16.5. The van der Waals surface area contributed by atoms with Crippen LogP contribution < -0.4 is 10.6 Å². The summed E-state index contributed by atoms with van der Waals surface area (Å²) in [6, 6.07) is 14.9. The first kappa shape index (κ1) is 24.8. The molecule has 0 saturated heterocycles. The highest BCUT2D eigenvalue weighted by Gasteiger charge is 2.37. The summed E-state index contributed by atoms with van der Waals surface area (Å²) in [5.74, 6) is -1.89. The lowest BCUT2D eigenvalue weighted by Crippen LogP contribution is -2.49. The maximum absolute atomic E-state index is 12.9. The number of nitrogens with one attached hydrogen (secondary N) is 2. The Balaban J connectivity index is 1.36. The molecule has 35 heavy (non-hydrogen) atoms. The van der Waals surface area contributed by atoms with Crippen molar-refractivity contribution in [3.63, 3.8) is 0 Å². The number of carboxylic acid groups (broad SMARTS) is 1. The number of benzene rings is 2. The Morgan fingerprint density at radius 2 is 1.60 bits per heavy atom. The molecule has 7 nitrogen and oxygen atoms in total. The Hall–Kier alpha value is -3.35. The highest BCUT2D eigenvalue weighted by Crippen LogP contribution is 2.44. The van der Waals surface area contributed by atoms with E-state index in [1.165, 1.54) is 0 Å². The Labute approximate surface area is 206 Å². The van der Waals surface area contributed by atoms with Crippen LogP contribution in [0.3, 0.4) is 0 Å². The minimum Gasteiger partial charge on any atom is -0.480 e. The lowest BCUT2D eigenvalue weighted by molar-refractivity contribution is -0.143. The summed E-state index contributed by atoms with van der Waals surface area (Å²) >= 11 is 0. The summed E-state index contributed by atoms with van der Waals surface area (Å²) in [7, 11) is 0. The van der Waals surface area contributed by atoms with Gasteiger partial charge in [-0.3, -0.25) is 4.79 Å². The van der Waals surface area contributed by atoms with E-state index in [2.05, 4.69) is 34.9 Å². The zero-order chi connectivity index (χ0) is 25.2. The second kappa shape index (κ2) is 10.1. The van der Waals surface area contributed by atoms with Gasteiger partial charge in [0.25, 0.3) is 0 Å². The number of aliphatic carboxylic acids is 1. The fourth-order valence-corrected chi connectivity index (χ4v) is 5.33. The van der Waals surface area contributed by atoms with Crippen LogP contribution in [-0.2, 0) is 14.3 Å². The van der Waals surface area contributed by atoms with Gasteiger partial charge in [0, 0.05) is 12.0 Å².